The topological polar surface area (TPSA) is 82.1 Å². The second-order valence-corrected chi connectivity index (χ2v) is 7.27. The number of anilines is 1. The minimum Gasteiger partial charge on any atom is -0.538 e. The molecule has 152 valence electrons. The number of aromatic nitrogens is 2. The Labute approximate surface area is 172 Å². The Kier molecular flexibility index (Phi) is 6.33. The lowest BCUT2D eigenvalue weighted by Gasteiger charge is -2.14. The maximum Gasteiger partial charge on any atom is 0.418 e. The highest BCUT2D eigenvalue weighted by Crippen LogP contribution is 2.36. The second kappa shape index (κ2) is 8.75. The zero-order valence-electron chi connectivity index (χ0n) is 14.6. The van der Waals surface area contributed by atoms with Gasteiger partial charge in [0.1, 0.15) is 0 Å². The van der Waals surface area contributed by atoms with E-state index in [1.165, 1.54) is 10.7 Å². The van der Waals surface area contributed by atoms with Gasteiger partial charge >= 0.3 is 6.18 Å². The maximum atomic E-state index is 13.1. The molecule has 0 saturated carbocycles. The number of hydrogen-bond donors (Lipinski definition) is 1. The van der Waals surface area contributed by atoms with Crippen molar-refractivity contribution < 1.29 is 32.3 Å². The third-order valence-electron chi connectivity index (χ3n) is 3.70. The largest absolute Gasteiger partial charge is 0.538 e. The van der Waals surface area contributed by atoms with Gasteiger partial charge in [0, 0.05) is 29.3 Å². The van der Waals surface area contributed by atoms with Gasteiger partial charge in [0.2, 0.25) is 11.6 Å². The van der Waals surface area contributed by atoms with Crippen LogP contribution in [-0.2, 0) is 11.0 Å². The molecule has 1 aromatic heterocycles. The molecule has 1 N–H and O–H groups in total. The van der Waals surface area contributed by atoms with Crippen molar-refractivity contribution >= 4 is 35.0 Å². The fourth-order valence-corrected chi connectivity index (χ4v) is 3.48. The number of rotatable bonds is 6. The first-order valence-corrected chi connectivity index (χ1v) is 9.56. The lowest BCUT2D eigenvalue weighted by molar-refractivity contribution is -0.705. The number of para-hydroxylation sites is 1. The first kappa shape index (κ1) is 21.0. The molecule has 0 fully saturated rings. The Bertz CT molecular complexity index is 1010. The lowest BCUT2D eigenvalue weighted by atomic mass is 10.1. The number of amides is 1. The third kappa shape index (κ3) is 5.21. The highest BCUT2D eigenvalue weighted by Gasteiger charge is 2.34. The number of benzene rings is 2. The van der Waals surface area contributed by atoms with Gasteiger partial charge in [0.15, 0.2) is 5.95 Å². The quantitative estimate of drug-likeness (QED) is 0.462. The molecular formula is C18H13ClF3N3O3S. The summed E-state index contributed by atoms with van der Waals surface area (Å²) in [5.74, 6) is -1.18. The van der Waals surface area contributed by atoms with Crippen LogP contribution < -0.4 is 15.1 Å². The van der Waals surface area contributed by atoms with Crippen LogP contribution in [0, 0.1) is 0 Å². The van der Waals surface area contributed by atoms with Crippen LogP contribution >= 0.6 is 23.4 Å². The van der Waals surface area contributed by atoms with Crippen LogP contribution in [-0.4, -0.2) is 16.9 Å². The van der Waals surface area contributed by atoms with Crippen molar-refractivity contribution in [2.24, 2.45) is 0 Å². The van der Waals surface area contributed by atoms with E-state index >= 15 is 0 Å². The minimum atomic E-state index is -4.66. The van der Waals surface area contributed by atoms with Gasteiger partial charge < -0.3 is 14.9 Å². The maximum absolute atomic E-state index is 13.1. The first-order valence-electron chi connectivity index (χ1n) is 8.19. The van der Waals surface area contributed by atoms with Gasteiger partial charge in [0.25, 0.3) is 5.03 Å². The first-order chi connectivity index (χ1) is 13.8. The molecule has 29 heavy (non-hydrogen) atoms. The second-order valence-electron chi connectivity index (χ2n) is 5.75. The fraction of sp³-hybridized carbons (Fsp3) is 0.167. The van der Waals surface area contributed by atoms with E-state index in [9.17, 15) is 23.1 Å². The summed E-state index contributed by atoms with van der Waals surface area (Å²) in [6, 6.07) is 11.8. The number of hydrogen-bond acceptors (Lipinski definition) is 5. The van der Waals surface area contributed by atoms with Crippen molar-refractivity contribution in [2.45, 2.75) is 17.6 Å². The average molecular weight is 444 g/mol. The molecule has 1 heterocycles. The Morgan fingerprint density at radius 2 is 1.97 bits per heavy atom. The van der Waals surface area contributed by atoms with Gasteiger partial charge in [0.05, 0.1) is 16.5 Å². The average Bonchev–Trinajstić information content (AvgIpc) is 3.04. The molecule has 2 aromatic carbocycles. The summed E-state index contributed by atoms with van der Waals surface area (Å²) in [6.45, 7) is 0. The molecule has 0 aliphatic rings. The van der Waals surface area contributed by atoms with Crippen LogP contribution in [0.2, 0.25) is 5.02 Å². The number of nitrogens with zero attached hydrogens (tertiary/aromatic N) is 2. The molecule has 1 amide bonds. The van der Waals surface area contributed by atoms with Gasteiger partial charge in [-0.2, -0.15) is 13.2 Å². The van der Waals surface area contributed by atoms with Crippen LogP contribution in [0.15, 0.2) is 58.1 Å². The van der Waals surface area contributed by atoms with Crippen molar-refractivity contribution in [3.05, 3.63) is 59.1 Å². The van der Waals surface area contributed by atoms with E-state index in [1.807, 2.05) is 0 Å². The molecule has 0 radical (unpaired) electrons. The summed E-state index contributed by atoms with van der Waals surface area (Å²) in [6.07, 6.45) is -4.80. The molecule has 0 saturated heterocycles. The third-order valence-corrected chi connectivity index (χ3v) is 4.96. The molecule has 6 nitrogen and oxygen atoms in total. The van der Waals surface area contributed by atoms with Crippen LogP contribution in [0.1, 0.15) is 12.0 Å². The number of thioether (sulfide) groups is 1. The normalized spacial score (nSPS) is 11.4. The summed E-state index contributed by atoms with van der Waals surface area (Å²) < 4.78 is 45.3. The summed E-state index contributed by atoms with van der Waals surface area (Å²) in [5.41, 5.74) is -0.819. The van der Waals surface area contributed by atoms with Gasteiger partial charge in [-0.1, -0.05) is 41.6 Å². The molecule has 0 aliphatic heterocycles. The van der Waals surface area contributed by atoms with Crippen LogP contribution in [0.4, 0.5) is 18.9 Å². The van der Waals surface area contributed by atoms with Crippen molar-refractivity contribution in [2.75, 3.05) is 11.1 Å². The Hall–Kier alpha value is -2.72. The zero-order chi connectivity index (χ0) is 21.0. The number of carbonyl (C=O) groups excluding carboxylic acids is 1. The highest BCUT2D eigenvalue weighted by atomic mass is 35.5. The van der Waals surface area contributed by atoms with Crippen LogP contribution in [0.5, 0.6) is 5.95 Å². The molecule has 11 heteroatoms. The molecule has 0 atom stereocenters. The van der Waals surface area contributed by atoms with E-state index in [2.05, 4.69) is 15.1 Å². The molecular weight excluding hydrogens is 431 g/mol. The summed E-state index contributed by atoms with van der Waals surface area (Å²) >= 11 is 6.63. The van der Waals surface area contributed by atoms with Crippen molar-refractivity contribution in [1.29, 1.82) is 0 Å². The molecule has 0 aliphatic carbocycles. The Morgan fingerprint density at radius 3 is 2.66 bits per heavy atom. The smallest absolute Gasteiger partial charge is 0.418 e. The standard InChI is InChI=1S/C18H13ClF3N3O3S/c19-11-6-7-14(13(10-11)18(20,21)22)23-15(26)8-9-29-16-17(27)28-24-25(16)12-4-2-1-3-5-12/h1-7,10H,8-9H2,(H-,23,24,26,27). The number of carbonyl (C=O) groups is 1. The van der Waals surface area contributed by atoms with E-state index in [-0.39, 0.29) is 27.9 Å². The van der Waals surface area contributed by atoms with Gasteiger partial charge in [-0.05, 0) is 22.9 Å². The number of halogens is 4. The van der Waals surface area contributed by atoms with Gasteiger partial charge in [-0.15, -0.1) is 0 Å². The van der Waals surface area contributed by atoms with E-state index in [4.69, 9.17) is 11.6 Å². The molecule has 0 spiro atoms. The SMILES string of the molecule is O=C(CCSc1c([O-])on[n+]1-c1ccccc1)Nc1ccc(Cl)cc1C(F)(F)F. The minimum absolute atomic E-state index is 0.0909. The van der Waals surface area contributed by atoms with E-state index in [0.29, 0.717) is 5.69 Å². The Morgan fingerprint density at radius 1 is 1.24 bits per heavy atom. The lowest BCUT2D eigenvalue weighted by Crippen LogP contribution is -2.34. The van der Waals surface area contributed by atoms with Crippen molar-refractivity contribution in [3.8, 4) is 11.6 Å². The predicted molar refractivity (Wildman–Crippen MR) is 97.9 cm³/mol. The monoisotopic (exact) mass is 443 g/mol. The molecule has 3 aromatic rings. The van der Waals surface area contributed by atoms with Crippen LogP contribution in [0.25, 0.3) is 5.69 Å². The predicted octanol–water partition coefficient (Wildman–Crippen LogP) is 3.82. The molecule has 0 bridgehead atoms. The van der Waals surface area contributed by atoms with Crippen molar-refractivity contribution in [1.82, 2.24) is 5.27 Å². The number of alkyl halides is 3. The summed E-state index contributed by atoms with van der Waals surface area (Å²) in [7, 11) is 0. The molecule has 3 rings (SSSR count). The fourth-order valence-electron chi connectivity index (χ4n) is 2.41. The summed E-state index contributed by atoms with van der Waals surface area (Å²) in [5, 5.41) is 17.8. The summed E-state index contributed by atoms with van der Waals surface area (Å²) in [4.78, 5) is 12.1. The van der Waals surface area contributed by atoms with E-state index in [1.54, 1.807) is 30.3 Å². The van der Waals surface area contributed by atoms with E-state index in [0.717, 1.165) is 23.9 Å². The highest BCUT2D eigenvalue weighted by molar-refractivity contribution is 7.99. The van der Waals surface area contributed by atoms with Gasteiger partial charge in [-0.25, -0.2) is 0 Å². The molecule has 0 unspecified atom stereocenters. The van der Waals surface area contributed by atoms with E-state index < -0.39 is 23.6 Å². The number of nitrogens with one attached hydrogen (secondary N) is 1. The Balaban J connectivity index is 1.65. The van der Waals surface area contributed by atoms with Crippen molar-refractivity contribution in [3.63, 3.8) is 0 Å². The van der Waals surface area contributed by atoms with Crippen LogP contribution in [0.3, 0.4) is 0 Å². The zero-order valence-corrected chi connectivity index (χ0v) is 16.1. The van der Waals surface area contributed by atoms with Gasteiger partial charge in [-0.3, -0.25) is 4.79 Å².